The lowest BCUT2D eigenvalue weighted by Crippen LogP contribution is -2.16. The molecule has 0 spiro atoms. The highest BCUT2D eigenvalue weighted by molar-refractivity contribution is 6.33. The van der Waals surface area contributed by atoms with Gasteiger partial charge in [0, 0.05) is 5.92 Å². The van der Waals surface area contributed by atoms with Crippen molar-refractivity contribution in [2.45, 2.75) is 26.2 Å². The van der Waals surface area contributed by atoms with Gasteiger partial charge < -0.3 is 15.2 Å². The number of methoxy groups -OCH3 is 2. The number of halogens is 1. The van der Waals surface area contributed by atoms with Crippen molar-refractivity contribution in [3.8, 4) is 11.5 Å². The number of ether oxygens (including phenoxy) is 2. The van der Waals surface area contributed by atoms with Crippen molar-refractivity contribution in [2.75, 3.05) is 20.8 Å². The van der Waals surface area contributed by atoms with E-state index in [4.69, 9.17) is 26.8 Å². The van der Waals surface area contributed by atoms with Gasteiger partial charge in [0.05, 0.1) is 19.2 Å². The Hall–Kier alpha value is -1.71. The van der Waals surface area contributed by atoms with Gasteiger partial charge in [-0.3, -0.25) is 0 Å². The van der Waals surface area contributed by atoms with Gasteiger partial charge in [-0.05, 0) is 49.6 Å². The molecule has 0 saturated carbocycles. The molecule has 0 aromatic heterocycles. The van der Waals surface area contributed by atoms with Crippen molar-refractivity contribution in [3.05, 3.63) is 57.6 Å². The summed E-state index contributed by atoms with van der Waals surface area (Å²) in [5.41, 5.74) is 10.8. The van der Waals surface area contributed by atoms with Crippen LogP contribution in [-0.4, -0.2) is 20.8 Å². The fraction of sp³-hybridized carbons (Fsp3) is 0.368. The molecule has 2 aromatic carbocycles. The standard InChI is InChI=1S/C19H24ClNO2/c1-12-5-6-13(2)16(9-12)15(11-21)10-14-7-8-17(22-3)19(23-4)18(14)20/h5-9,15H,10-11,21H2,1-4H3. The van der Waals surface area contributed by atoms with E-state index in [9.17, 15) is 0 Å². The molecule has 2 rings (SSSR count). The third-order valence-corrected chi connectivity index (χ3v) is 4.60. The molecule has 0 bridgehead atoms. The van der Waals surface area contributed by atoms with E-state index in [2.05, 4.69) is 32.0 Å². The maximum atomic E-state index is 6.51. The molecule has 4 heteroatoms. The van der Waals surface area contributed by atoms with Gasteiger partial charge in [-0.15, -0.1) is 0 Å². The second kappa shape index (κ2) is 7.71. The lowest BCUT2D eigenvalue weighted by Gasteiger charge is -2.20. The summed E-state index contributed by atoms with van der Waals surface area (Å²) in [6, 6.07) is 10.3. The average Bonchev–Trinajstić information content (AvgIpc) is 2.56. The summed E-state index contributed by atoms with van der Waals surface area (Å²) in [5.74, 6) is 1.42. The first kappa shape index (κ1) is 17.6. The Kier molecular flexibility index (Phi) is 5.91. The molecule has 1 unspecified atom stereocenters. The topological polar surface area (TPSA) is 44.5 Å². The molecule has 0 aliphatic heterocycles. The van der Waals surface area contributed by atoms with Crippen molar-refractivity contribution in [2.24, 2.45) is 5.73 Å². The molecule has 2 N–H and O–H groups in total. The highest BCUT2D eigenvalue weighted by Gasteiger charge is 2.18. The van der Waals surface area contributed by atoms with Crippen LogP contribution in [0, 0.1) is 13.8 Å². The highest BCUT2D eigenvalue weighted by atomic mass is 35.5. The van der Waals surface area contributed by atoms with Crippen molar-refractivity contribution < 1.29 is 9.47 Å². The Balaban J connectivity index is 2.38. The zero-order chi connectivity index (χ0) is 17.0. The van der Waals surface area contributed by atoms with E-state index < -0.39 is 0 Å². The predicted octanol–water partition coefficient (Wildman–Crippen LogP) is 4.26. The Morgan fingerprint density at radius 1 is 1.09 bits per heavy atom. The second-order valence-corrected chi connectivity index (χ2v) is 6.15. The SMILES string of the molecule is COc1ccc(CC(CN)c2cc(C)ccc2C)c(Cl)c1OC. The minimum absolute atomic E-state index is 0.213. The molecule has 3 nitrogen and oxygen atoms in total. The number of hydrogen-bond acceptors (Lipinski definition) is 3. The quantitative estimate of drug-likeness (QED) is 0.859. The molecule has 0 aliphatic rings. The Labute approximate surface area is 143 Å². The number of aryl methyl sites for hydroxylation is 2. The molecule has 0 aliphatic carbocycles. The van der Waals surface area contributed by atoms with Crippen molar-refractivity contribution in [1.29, 1.82) is 0 Å². The summed E-state index contributed by atoms with van der Waals surface area (Å²) in [6.45, 7) is 4.78. The Morgan fingerprint density at radius 2 is 1.83 bits per heavy atom. The molecular formula is C19H24ClNO2. The fourth-order valence-corrected chi connectivity index (χ4v) is 3.18. The van der Waals surface area contributed by atoms with Gasteiger partial charge in [-0.1, -0.05) is 41.4 Å². The highest BCUT2D eigenvalue weighted by Crippen LogP contribution is 2.39. The van der Waals surface area contributed by atoms with Crippen LogP contribution in [0.2, 0.25) is 5.02 Å². The van der Waals surface area contributed by atoms with E-state index in [1.165, 1.54) is 16.7 Å². The van der Waals surface area contributed by atoms with Gasteiger partial charge >= 0.3 is 0 Å². The van der Waals surface area contributed by atoms with Crippen LogP contribution >= 0.6 is 11.6 Å². The van der Waals surface area contributed by atoms with Crippen molar-refractivity contribution >= 4 is 11.6 Å². The van der Waals surface area contributed by atoms with Gasteiger partial charge in [0.25, 0.3) is 0 Å². The summed E-state index contributed by atoms with van der Waals surface area (Å²) >= 11 is 6.51. The van der Waals surface area contributed by atoms with Crippen LogP contribution in [0.15, 0.2) is 30.3 Å². The number of hydrogen-bond donors (Lipinski definition) is 1. The minimum atomic E-state index is 0.213. The van der Waals surface area contributed by atoms with E-state index in [-0.39, 0.29) is 5.92 Å². The van der Waals surface area contributed by atoms with Crippen LogP contribution < -0.4 is 15.2 Å². The van der Waals surface area contributed by atoms with Gasteiger partial charge in [-0.25, -0.2) is 0 Å². The lowest BCUT2D eigenvalue weighted by atomic mass is 9.88. The van der Waals surface area contributed by atoms with E-state index in [0.717, 1.165) is 12.0 Å². The average molecular weight is 334 g/mol. The number of nitrogens with two attached hydrogens (primary N) is 1. The molecule has 1 atom stereocenters. The minimum Gasteiger partial charge on any atom is -0.493 e. The number of benzene rings is 2. The van der Waals surface area contributed by atoms with Gasteiger partial charge in [-0.2, -0.15) is 0 Å². The smallest absolute Gasteiger partial charge is 0.179 e. The third kappa shape index (κ3) is 3.80. The lowest BCUT2D eigenvalue weighted by molar-refractivity contribution is 0.354. The maximum Gasteiger partial charge on any atom is 0.179 e. The van der Waals surface area contributed by atoms with Crippen LogP contribution in [0.1, 0.15) is 28.2 Å². The monoisotopic (exact) mass is 333 g/mol. The van der Waals surface area contributed by atoms with Gasteiger partial charge in [0.15, 0.2) is 11.5 Å². The maximum absolute atomic E-state index is 6.51. The molecule has 0 fully saturated rings. The third-order valence-electron chi connectivity index (χ3n) is 4.19. The van der Waals surface area contributed by atoms with Gasteiger partial charge in [0.2, 0.25) is 0 Å². The first-order valence-corrected chi connectivity index (χ1v) is 8.06. The molecular weight excluding hydrogens is 310 g/mol. The predicted molar refractivity (Wildman–Crippen MR) is 96.0 cm³/mol. The fourth-order valence-electron chi connectivity index (χ4n) is 2.87. The zero-order valence-corrected chi connectivity index (χ0v) is 14.9. The first-order chi connectivity index (χ1) is 11.0. The van der Waals surface area contributed by atoms with E-state index in [1.54, 1.807) is 14.2 Å². The molecule has 0 saturated heterocycles. The van der Waals surface area contributed by atoms with Crippen LogP contribution in [-0.2, 0) is 6.42 Å². The molecule has 0 amide bonds. The largest absolute Gasteiger partial charge is 0.493 e. The second-order valence-electron chi connectivity index (χ2n) is 5.77. The molecule has 23 heavy (non-hydrogen) atoms. The zero-order valence-electron chi connectivity index (χ0n) is 14.2. The van der Waals surface area contributed by atoms with Crippen LogP contribution in [0.4, 0.5) is 0 Å². The van der Waals surface area contributed by atoms with Crippen molar-refractivity contribution in [1.82, 2.24) is 0 Å². The van der Waals surface area contributed by atoms with E-state index >= 15 is 0 Å². The summed E-state index contributed by atoms with van der Waals surface area (Å²) in [7, 11) is 3.20. The summed E-state index contributed by atoms with van der Waals surface area (Å²) in [6.07, 6.45) is 0.764. The van der Waals surface area contributed by atoms with Crippen LogP contribution in [0.5, 0.6) is 11.5 Å². The van der Waals surface area contributed by atoms with Gasteiger partial charge in [0.1, 0.15) is 0 Å². The van der Waals surface area contributed by atoms with Crippen LogP contribution in [0.25, 0.3) is 0 Å². The molecule has 2 aromatic rings. The summed E-state index contributed by atoms with van der Waals surface area (Å²) in [5, 5.41) is 0.593. The molecule has 0 radical (unpaired) electrons. The van der Waals surface area contributed by atoms with E-state index in [0.29, 0.717) is 23.1 Å². The molecule has 124 valence electrons. The van der Waals surface area contributed by atoms with Crippen LogP contribution in [0.3, 0.4) is 0 Å². The van der Waals surface area contributed by atoms with Crippen molar-refractivity contribution in [3.63, 3.8) is 0 Å². The summed E-state index contributed by atoms with van der Waals surface area (Å²) in [4.78, 5) is 0. The Morgan fingerprint density at radius 3 is 2.43 bits per heavy atom. The van der Waals surface area contributed by atoms with E-state index in [1.807, 2.05) is 12.1 Å². The Bertz CT molecular complexity index is 685. The summed E-state index contributed by atoms with van der Waals surface area (Å²) < 4.78 is 10.7. The molecule has 0 heterocycles. The first-order valence-electron chi connectivity index (χ1n) is 7.68. The number of rotatable bonds is 6. The normalized spacial score (nSPS) is 12.1.